The Balaban J connectivity index is 2.18. The van der Waals surface area contributed by atoms with Crippen LogP contribution in [-0.4, -0.2) is 17.8 Å². The Morgan fingerprint density at radius 2 is 2.27 bits per heavy atom. The first-order chi connectivity index (χ1) is 5.06. The van der Waals surface area contributed by atoms with Crippen LogP contribution in [0, 0.1) is 5.41 Å². The van der Waals surface area contributed by atoms with Gasteiger partial charge in [-0.3, -0.25) is 4.79 Å². The van der Waals surface area contributed by atoms with E-state index in [9.17, 15) is 4.79 Å². The van der Waals surface area contributed by atoms with E-state index < -0.39 is 0 Å². The molecule has 0 radical (unpaired) electrons. The molecule has 0 aliphatic heterocycles. The zero-order valence-corrected chi connectivity index (χ0v) is 7.74. The lowest BCUT2D eigenvalue weighted by molar-refractivity contribution is -0.121. The highest BCUT2D eigenvalue weighted by molar-refractivity contribution is 6.18. The van der Waals surface area contributed by atoms with Crippen LogP contribution in [0.15, 0.2) is 0 Å². The van der Waals surface area contributed by atoms with Crippen LogP contribution in [0.4, 0.5) is 0 Å². The Labute approximate surface area is 72.3 Å². The highest BCUT2D eigenvalue weighted by atomic mass is 35.5. The van der Waals surface area contributed by atoms with Crippen LogP contribution in [-0.2, 0) is 4.79 Å². The minimum Gasteiger partial charge on any atom is -0.353 e. The van der Waals surface area contributed by atoms with Crippen molar-refractivity contribution in [3.8, 4) is 0 Å². The predicted molar refractivity (Wildman–Crippen MR) is 45.7 cm³/mol. The van der Waals surface area contributed by atoms with E-state index in [1.165, 1.54) is 0 Å². The van der Waals surface area contributed by atoms with Crippen LogP contribution in [0.1, 0.15) is 26.7 Å². The summed E-state index contributed by atoms with van der Waals surface area (Å²) >= 11 is 5.41. The molecule has 1 N–H and O–H groups in total. The first-order valence-electron chi connectivity index (χ1n) is 3.91. The van der Waals surface area contributed by atoms with Gasteiger partial charge in [0.1, 0.15) is 0 Å². The average molecular weight is 176 g/mol. The van der Waals surface area contributed by atoms with Crippen molar-refractivity contribution in [3.63, 3.8) is 0 Å². The van der Waals surface area contributed by atoms with Gasteiger partial charge in [0.15, 0.2) is 0 Å². The standard InChI is InChI=1S/C8H14ClNO/c1-8(2)5-6(8)10-7(11)3-4-9/h6H,3-5H2,1-2H3,(H,10,11). The van der Waals surface area contributed by atoms with E-state index in [-0.39, 0.29) is 5.91 Å². The molecule has 0 spiro atoms. The number of rotatable bonds is 3. The molecule has 0 bridgehead atoms. The Kier molecular flexibility index (Phi) is 2.43. The fourth-order valence-electron chi connectivity index (χ4n) is 1.07. The van der Waals surface area contributed by atoms with Crippen molar-refractivity contribution in [1.29, 1.82) is 0 Å². The summed E-state index contributed by atoms with van der Waals surface area (Å²) in [5.41, 5.74) is 0.321. The third-order valence-corrected chi connectivity index (χ3v) is 2.36. The summed E-state index contributed by atoms with van der Waals surface area (Å²) in [5, 5.41) is 2.92. The van der Waals surface area contributed by atoms with Gasteiger partial charge in [0, 0.05) is 18.3 Å². The maximum absolute atomic E-state index is 11.0. The Hall–Kier alpha value is -0.240. The minimum atomic E-state index is 0.0792. The number of carbonyl (C=O) groups excluding carboxylic acids is 1. The molecule has 64 valence electrons. The third-order valence-electron chi connectivity index (χ3n) is 2.17. The molecule has 1 aliphatic carbocycles. The molecule has 1 atom stereocenters. The van der Waals surface area contributed by atoms with Crippen LogP contribution in [0.25, 0.3) is 0 Å². The number of alkyl halides is 1. The number of amides is 1. The molecular weight excluding hydrogens is 162 g/mol. The second kappa shape index (κ2) is 3.02. The van der Waals surface area contributed by atoms with Crippen molar-refractivity contribution < 1.29 is 4.79 Å². The van der Waals surface area contributed by atoms with Gasteiger partial charge in [-0.15, -0.1) is 11.6 Å². The summed E-state index contributed by atoms with van der Waals surface area (Å²) in [6.45, 7) is 4.30. The SMILES string of the molecule is CC1(C)CC1NC(=O)CCCl. The first-order valence-corrected chi connectivity index (χ1v) is 4.45. The van der Waals surface area contributed by atoms with Crippen LogP contribution in [0.3, 0.4) is 0 Å². The number of carbonyl (C=O) groups is 1. The number of hydrogen-bond donors (Lipinski definition) is 1. The van der Waals surface area contributed by atoms with Crippen molar-refractivity contribution in [3.05, 3.63) is 0 Å². The molecule has 3 heteroatoms. The van der Waals surface area contributed by atoms with E-state index in [1.54, 1.807) is 0 Å². The minimum absolute atomic E-state index is 0.0792. The third kappa shape index (κ3) is 2.37. The van der Waals surface area contributed by atoms with Gasteiger partial charge < -0.3 is 5.32 Å². The lowest BCUT2D eigenvalue weighted by Gasteiger charge is -2.04. The van der Waals surface area contributed by atoms with E-state index in [0.29, 0.717) is 23.8 Å². The van der Waals surface area contributed by atoms with Gasteiger partial charge in [-0.05, 0) is 11.8 Å². The number of hydrogen-bond acceptors (Lipinski definition) is 1. The predicted octanol–water partition coefficient (Wildman–Crippen LogP) is 1.53. The van der Waals surface area contributed by atoms with E-state index in [0.717, 1.165) is 6.42 Å². The fraction of sp³-hybridized carbons (Fsp3) is 0.875. The van der Waals surface area contributed by atoms with Gasteiger partial charge in [0.2, 0.25) is 5.91 Å². The second-order valence-corrected chi connectivity index (χ2v) is 4.13. The quantitative estimate of drug-likeness (QED) is 0.648. The van der Waals surface area contributed by atoms with Crippen molar-refractivity contribution in [2.24, 2.45) is 5.41 Å². The summed E-state index contributed by atoms with van der Waals surface area (Å²) in [7, 11) is 0. The Morgan fingerprint density at radius 3 is 2.64 bits per heavy atom. The average Bonchev–Trinajstić information content (AvgIpc) is 2.39. The van der Waals surface area contributed by atoms with E-state index in [1.807, 2.05) is 0 Å². The summed E-state index contributed by atoms with van der Waals surface area (Å²) in [6.07, 6.45) is 1.54. The maximum Gasteiger partial charge on any atom is 0.221 e. The van der Waals surface area contributed by atoms with Crippen LogP contribution in [0.5, 0.6) is 0 Å². The van der Waals surface area contributed by atoms with Crippen molar-refractivity contribution in [2.75, 3.05) is 5.88 Å². The Bertz CT molecular complexity index is 167. The molecule has 0 aromatic carbocycles. The highest BCUT2D eigenvalue weighted by Gasteiger charge is 2.46. The summed E-state index contributed by atoms with van der Waals surface area (Å²) < 4.78 is 0. The molecule has 1 fully saturated rings. The van der Waals surface area contributed by atoms with Gasteiger partial charge in [0.05, 0.1) is 0 Å². The Morgan fingerprint density at radius 1 is 1.73 bits per heavy atom. The first kappa shape index (κ1) is 8.85. The molecule has 0 saturated heterocycles. The van der Waals surface area contributed by atoms with Gasteiger partial charge in [-0.25, -0.2) is 0 Å². The molecule has 11 heavy (non-hydrogen) atoms. The molecule has 2 nitrogen and oxygen atoms in total. The van der Waals surface area contributed by atoms with Crippen LogP contribution in [0.2, 0.25) is 0 Å². The summed E-state index contributed by atoms with van der Waals surface area (Å²) in [4.78, 5) is 11.0. The molecular formula is C8H14ClNO. The normalized spacial score (nSPS) is 26.3. The van der Waals surface area contributed by atoms with Crippen molar-refractivity contribution >= 4 is 17.5 Å². The fourth-order valence-corrected chi connectivity index (χ4v) is 1.24. The summed E-state index contributed by atoms with van der Waals surface area (Å²) in [6, 6.07) is 0.387. The lowest BCUT2D eigenvalue weighted by Crippen LogP contribution is -2.28. The molecule has 1 unspecified atom stereocenters. The molecule has 1 rings (SSSR count). The molecule has 1 amide bonds. The van der Waals surface area contributed by atoms with E-state index in [2.05, 4.69) is 19.2 Å². The topological polar surface area (TPSA) is 29.1 Å². The van der Waals surface area contributed by atoms with Crippen molar-refractivity contribution in [2.45, 2.75) is 32.7 Å². The van der Waals surface area contributed by atoms with Crippen LogP contribution >= 0.6 is 11.6 Å². The monoisotopic (exact) mass is 175 g/mol. The zero-order valence-electron chi connectivity index (χ0n) is 6.98. The largest absolute Gasteiger partial charge is 0.353 e. The second-order valence-electron chi connectivity index (χ2n) is 3.75. The summed E-state index contributed by atoms with van der Waals surface area (Å²) in [5.74, 6) is 0.495. The molecule has 1 aliphatic rings. The van der Waals surface area contributed by atoms with Crippen LogP contribution < -0.4 is 5.32 Å². The molecule has 1 saturated carbocycles. The van der Waals surface area contributed by atoms with Crippen molar-refractivity contribution in [1.82, 2.24) is 5.32 Å². The molecule has 0 heterocycles. The van der Waals surface area contributed by atoms with Gasteiger partial charge >= 0.3 is 0 Å². The lowest BCUT2D eigenvalue weighted by atomic mass is 10.2. The number of nitrogens with one attached hydrogen (secondary N) is 1. The van der Waals surface area contributed by atoms with Gasteiger partial charge in [-0.2, -0.15) is 0 Å². The van der Waals surface area contributed by atoms with Gasteiger partial charge in [-0.1, -0.05) is 13.8 Å². The molecule has 0 aromatic heterocycles. The smallest absolute Gasteiger partial charge is 0.221 e. The van der Waals surface area contributed by atoms with E-state index >= 15 is 0 Å². The maximum atomic E-state index is 11.0. The highest BCUT2D eigenvalue weighted by Crippen LogP contribution is 2.44. The molecule has 0 aromatic rings. The number of halogens is 1. The zero-order chi connectivity index (χ0) is 8.48. The van der Waals surface area contributed by atoms with E-state index in [4.69, 9.17) is 11.6 Å². The van der Waals surface area contributed by atoms with Gasteiger partial charge in [0.25, 0.3) is 0 Å².